The Labute approximate surface area is 139 Å². The molecule has 1 N–H and O–H groups in total. The highest BCUT2D eigenvalue weighted by Crippen LogP contribution is 2.35. The number of alkyl halides is 1. The number of rotatable bonds is 3. The van der Waals surface area contributed by atoms with Crippen LogP contribution in [-0.2, 0) is 6.42 Å². The van der Waals surface area contributed by atoms with Crippen LogP contribution in [0.3, 0.4) is 0 Å². The average Bonchev–Trinajstić information content (AvgIpc) is 2.56. The molecule has 0 aliphatic carbocycles. The molecule has 2 unspecified atom stereocenters. The highest BCUT2D eigenvalue weighted by atomic mass is 35.5. The first-order chi connectivity index (χ1) is 10.7. The first-order valence-corrected chi connectivity index (χ1v) is 7.93. The van der Waals surface area contributed by atoms with Crippen molar-refractivity contribution in [2.45, 2.75) is 18.0 Å². The van der Waals surface area contributed by atoms with Crippen molar-refractivity contribution >= 4 is 29.3 Å². The lowest BCUT2D eigenvalue weighted by Crippen LogP contribution is -2.40. The summed E-state index contributed by atoms with van der Waals surface area (Å²) in [4.78, 5) is 12.2. The SMILES string of the molecule is O=C(NCC1c2ccccc2CC(Cl)N1Cl)c1ccccc1. The van der Waals surface area contributed by atoms with E-state index in [2.05, 4.69) is 11.4 Å². The molecule has 5 heteroatoms. The predicted molar refractivity (Wildman–Crippen MR) is 89.0 cm³/mol. The molecule has 0 fully saturated rings. The molecule has 0 saturated carbocycles. The van der Waals surface area contributed by atoms with Crippen molar-refractivity contribution in [3.63, 3.8) is 0 Å². The third-order valence-electron chi connectivity index (χ3n) is 3.86. The number of halogens is 2. The largest absolute Gasteiger partial charge is 0.350 e. The maximum absolute atomic E-state index is 12.2. The van der Waals surface area contributed by atoms with Gasteiger partial charge in [-0.1, -0.05) is 42.5 Å². The summed E-state index contributed by atoms with van der Waals surface area (Å²) in [6, 6.07) is 17.1. The molecule has 114 valence electrons. The summed E-state index contributed by atoms with van der Waals surface area (Å²) < 4.78 is 1.59. The number of carbonyl (C=O) groups excluding carboxylic acids is 1. The lowest BCUT2D eigenvalue weighted by Gasteiger charge is -2.35. The third-order valence-corrected chi connectivity index (χ3v) is 4.80. The van der Waals surface area contributed by atoms with Crippen LogP contribution in [0, 0.1) is 0 Å². The van der Waals surface area contributed by atoms with Gasteiger partial charge < -0.3 is 5.32 Å². The van der Waals surface area contributed by atoms with Gasteiger partial charge in [0.2, 0.25) is 0 Å². The summed E-state index contributed by atoms with van der Waals surface area (Å²) >= 11 is 12.6. The van der Waals surface area contributed by atoms with Gasteiger partial charge in [0.1, 0.15) is 5.50 Å². The summed E-state index contributed by atoms with van der Waals surface area (Å²) in [5.74, 6) is -0.111. The van der Waals surface area contributed by atoms with E-state index in [-0.39, 0.29) is 17.5 Å². The van der Waals surface area contributed by atoms with Crippen LogP contribution in [0.25, 0.3) is 0 Å². The van der Waals surface area contributed by atoms with Crippen LogP contribution in [0.1, 0.15) is 27.5 Å². The highest BCUT2D eigenvalue weighted by molar-refractivity contribution is 6.25. The lowest BCUT2D eigenvalue weighted by atomic mass is 9.94. The molecule has 1 aliphatic heterocycles. The molecule has 0 saturated heterocycles. The van der Waals surface area contributed by atoms with Crippen LogP contribution in [-0.4, -0.2) is 22.4 Å². The Morgan fingerprint density at radius 3 is 2.59 bits per heavy atom. The number of carbonyl (C=O) groups is 1. The number of benzene rings is 2. The Kier molecular flexibility index (Phi) is 4.67. The molecule has 2 aromatic rings. The fourth-order valence-electron chi connectivity index (χ4n) is 2.72. The summed E-state index contributed by atoms with van der Waals surface area (Å²) in [7, 11) is 0. The third kappa shape index (κ3) is 3.12. The number of nitrogens with one attached hydrogen (secondary N) is 1. The van der Waals surface area contributed by atoms with Crippen LogP contribution in [0.5, 0.6) is 0 Å². The van der Waals surface area contributed by atoms with Crippen LogP contribution in [0.15, 0.2) is 54.6 Å². The molecular weight excluding hydrogens is 319 g/mol. The average molecular weight is 335 g/mol. The van der Waals surface area contributed by atoms with Gasteiger partial charge in [0, 0.05) is 18.5 Å². The van der Waals surface area contributed by atoms with Gasteiger partial charge in [-0.05, 0) is 35.0 Å². The Bertz CT molecular complexity index is 663. The van der Waals surface area contributed by atoms with E-state index in [1.54, 1.807) is 16.6 Å². The molecule has 1 heterocycles. The molecule has 2 atom stereocenters. The Hall–Kier alpha value is -1.55. The van der Waals surface area contributed by atoms with E-state index in [0.717, 1.165) is 5.56 Å². The fourth-order valence-corrected chi connectivity index (χ4v) is 3.27. The molecular formula is C17H16Cl2N2O. The normalized spacial score (nSPS) is 21.2. The molecule has 1 amide bonds. The molecule has 1 aliphatic rings. The predicted octanol–water partition coefficient (Wildman–Crippen LogP) is 3.73. The standard InChI is InChI=1S/C17H16Cl2N2O/c18-16-10-13-8-4-5-9-14(13)15(21(16)19)11-20-17(22)12-6-2-1-3-7-12/h1-9,15-16H,10-11H2,(H,20,22). The minimum atomic E-state index is -0.282. The van der Waals surface area contributed by atoms with Crippen LogP contribution in [0.2, 0.25) is 0 Å². The molecule has 0 bridgehead atoms. The van der Waals surface area contributed by atoms with E-state index in [1.807, 2.05) is 36.4 Å². The van der Waals surface area contributed by atoms with Crippen molar-refractivity contribution in [1.29, 1.82) is 0 Å². The topological polar surface area (TPSA) is 32.3 Å². The molecule has 0 radical (unpaired) electrons. The van der Waals surface area contributed by atoms with Gasteiger partial charge in [0.25, 0.3) is 5.91 Å². The van der Waals surface area contributed by atoms with Crippen LogP contribution < -0.4 is 5.32 Å². The van der Waals surface area contributed by atoms with Gasteiger partial charge in [0.15, 0.2) is 0 Å². The maximum atomic E-state index is 12.2. The molecule has 2 aromatic carbocycles. The van der Waals surface area contributed by atoms with Crippen molar-refractivity contribution < 1.29 is 4.79 Å². The van der Waals surface area contributed by atoms with Crippen molar-refractivity contribution in [3.05, 3.63) is 71.3 Å². The van der Waals surface area contributed by atoms with Gasteiger partial charge >= 0.3 is 0 Å². The second kappa shape index (κ2) is 6.69. The zero-order chi connectivity index (χ0) is 15.5. The second-order valence-corrected chi connectivity index (χ2v) is 6.17. The van der Waals surface area contributed by atoms with E-state index in [9.17, 15) is 4.79 Å². The van der Waals surface area contributed by atoms with Gasteiger partial charge in [-0.2, -0.15) is 4.42 Å². The van der Waals surface area contributed by atoms with E-state index in [4.69, 9.17) is 23.4 Å². The van der Waals surface area contributed by atoms with E-state index >= 15 is 0 Å². The first kappa shape index (κ1) is 15.3. The molecule has 3 nitrogen and oxygen atoms in total. The Morgan fingerprint density at radius 2 is 1.82 bits per heavy atom. The van der Waals surface area contributed by atoms with Crippen LogP contribution >= 0.6 is 23.4 Å². The smallest absolute Gasteiger partial charge is 0.251 e. The lowest BCUT2D eigenvalue weighted by molar-refractivity contribution is 0.0942. The molecule has 3 rings (SSSR count). The van der Waals surface area contributed by atoms with Crippen molar-refractivity contribution in [3.8, 4) is 0 Å². The van der Waals surface area contributed by atoms with Crippen molar-refractivity contribution in [2.24, 2.45) is 0 Å². The molecule has 0 spiro atoms. The summed E-state index contributed by atoms with van der Waals surface area (Å²) in [6.07, 6.45) is 0.699. The molecule has 22 heavy (non-hydrogen) atoms. The van der Waals surface area contributed by atoms with Crippen LogP contribution in [0.4, 0.5) is 0 Å². The number of amides is 1. The zero-order valence-electron chi connectivity index (χ0n) is 11.9. The number of hydrogen-bond donors (Lipinski definition) is 1. The van der Waals surface area contributed by atoms with Crippen molar-refractivity contribution in [1.82, 2.24) is 9.74 Å². The minimum absolute atomic E-state index is 0.111. The highest BCUT2D eigenvalue weighted by Gasteiger charge is 2.32. The number of nitrogens with zero attached hydrogens (tertiary/aromatic N) is 1. The summed E-state index contributed by atoms with van der Waals surface area (Å²) in [6.45, 7) is 0.414. The first-order valence-electron chi connectivity index (χ1n) is 7.16. The van der Waals surface area contributed by atoms with E-state index in [0.29, 0.717) is 18.5 Å². The van der Waals surface area contributed by atoms with E-state index < -0.39 is 0 Å². The van der Waals surface area contributed by atoms with Gasteiger partial charge in [-0.25, -0.2) is 0 Å². The number of hydrogen-bond acceptors (Lipinski definition) is 2. The van der Waals surface area contributed by atoms with Gasteiger partial charge in [-0.15, -0.1) is 11.6 Å². The summed E-state index contributed by atoms with van der Waals surface area (Å²) in [5, 5.41) is 2.94. The minimum Gasteiger partial charge on any atom is -0.350 e. The van der Waals surface area contributed by atoms with Crippen molar-refractivity contribution in [2.75, 3.05) is 6.54 Å². The quantitative estimate of drug-likeness (QED) is 0.527. The Balaban J connectivity index is 1.75. The number of fused-ring (bicyclic) bond motifs is 1. The van der Waals surface area contributed by atoms with E-state index in [1.165, 1.54) is 5.56 Å². The van der Waals surface area contributed by atoms with Gasteiger partial charge in [0.05, 0.1) is 6.04 Å². The maximum Gasteiger partial charge on any atom is 0.251 e. The molecule has 0 aromatic heterocycles. The summed E-state index contributed by atoms with van der Waals surface area (Å²) in [5.41, 5.74) is 2.64. The Morgan fingerprint density at radius 1 is 1.14 bits per heavy atom. The zero-order valence-corrected chi connectivity index (χ0v) is 13.4. The van der Waals surface area contributed by atoms with Gasteiger partial charge in [-0.3, -0.25) is 4.79 Å². The second-order valence-electron chi connectivity index (χ2n) is 5.27. The monoisotopic (exact) mass is 334 g/mol. The fraction of sp³-hybridized carbons (Fsp3) is 0.235.